The van der Waals surface area contributed by atoms with Gasteiger partial charge in [0, 0.05) is 25.3 Å². The Balaban J connectivity index is 2.25. The van der Waals surface area contributed by atoms with E-state index in [0.29, 0.717) is 5.15 Å². The van der Waals surface area contributed by atoms with Crippen LogP contribution in [0, 0.1) is 0 Å². The minimum Gasteiger partial charge on any atom is -0.396 e. The van der Waals surface area contributed by atoms with Crippen LogP contribution < -0.4 is 4.90 Å². The number of anilines is 1. The first kappa shape index (κ1) is 10.9. The SMILES string of the molecule is OCCCN1CCc2c(Cl)nc(Cl)nc21. The number of aromatic nitrogens is 2. The smallest absolute Gasteiger partial charge is 0.225 e. The maximum absolute atomic E-state index is 8.77. The minimum atomic E-state index is 0.176. The van der Waals surface area contributed by atoms with Crippen LogP contribution >= 0.6 is 23.2 Å². The Hall–Kier alpha value is -0.580. The molecule has 1 aliphatic heterocycles. The van der Waals surface area contributed by atoms with Gasteiger partial charge in [-0.1, -0.05) is 11.6 Å². The summed E-state index contributed by atoms with van der Waals surface area (Å²) in [6, 6.07) is 0. The highest BCUT2D eigenvalue weighted by Crippen LogP contribution is 2.31. The van der Waals surface area contributed by atoms with Gasteiger partial charge in [-0.25, -0.2) is 9.97 Å². The third-order valence-electron chi connectivity index (χ3n) is 2.42. The molecule has 1 aromatic heterocycles. The van der Waals surface area contributed by atoms with E-state index in [0.717, 1.165) is 37.3 Å². The number of nitrogens with zero attached hydrogens (tertiary/aromatic N) is 3. The van der Waals surface area contributed by atoms with E-state index >= 15 is 0 Å². The monoisotopic (exact) mass is 247 g/mol. The fourth-order valence-electron chi connectivity index (χ4n) is 1.73. The van der Waals surface area contributed by atoms with Crippen LogP contribution in [-0.4, -0.2) is 34.8 Å². The summed E-state index contributed by atoms with van der Waals surface area (Å²) < 4.78 is 0. The Labute approximate surface area is 97.9 Å². The summed E-state index contributed by atoms with van der Waals surface area (Å²) in [4.78, 5) is 10.1. The standard InChI is InChI=1S/C9H11Cl2N3O/c10-7-6-2-4-14(3-1-5-15)8(6)13-9(11)12-7/h15H,1-5H2. The van der Waals surface area contributed by atoms with E-state index in [1.807, 2.05) is 0 Å². The van der Waals surface area contributed by atoms with Crippen molar-refractivity contribution in [1.29, 1.82) is 0 Å². The first-order valence-corrected chi connectivity index (χ1v) is 5.55. The molecule has 0 amide bonds. The summed E-state index contributed by atoms with van der Waals surface area (Å²) in [5.74, 6) is 0.813. The zero-order chi connectivity index (χ0) is 10.8. The summed E-state index contributed by atoms with van der Waals surface area (Å²) in [5, 5.41) is 9.39. The van der Waals surface area contributed by atoms with Gasteiger partial charge in [-0.3, -0.25) is 0 Å². The summed E-state index contributed by atoms with van der Waals surface area (Å²) in [5.41, 5.74) is 0.957. The Bertz CT molecular complexity index is 373. The first-order chi connectivity index (χ1) is 7.22. The number of aliphatic hydroxyl groups excluding tert-OH is 1. The quantitative estimate of drug-likeness (QED) is 0.651. The molecule has 0 bridgehead atoms. The molecule has 0 fully saturated rings. The molecule has 0 atom stereocenters. The average Bonchev–Trinajstić information content (AvgIpc) is 2.58. The van der Waals surface area contributed by atoms with E-state index in [-0.39, 0.29) is 11.9 Å². The average molecular weight is 248 g/mol. The minimum absolute atomic E-state index is 0.176. The lowest BCUT2D eigenvalue weighted by atomic mass is 10.3. The third kappa shape index (κ3) is 2.17. The van der Waals surface area contributed by atoms with Crippen molar-refractivity contribution in [2.75, 3.05) is 24.6 Å². The second kappa shape index (κ2) is 4.51. The predicted molar refractivity (Wildman–Crippen MR) is 59.7 cm³/mol. The van der Waals surface area contributed by atoms with Gasteiger partial charge in [-0.2, -0.15) is 0 Å². The van der Waals surface area contributed by atoms with E-state index in [4.69, 9.17) is 28.3 Å². The first-order valence-electron chi connectivity index (χ1n) is 4.80. The molecule has 1 aromatic rings. The Morgan fingerprint density at radius 2 is 2.13 bits per heavy atom. The second-order valence-corrected chi connectivity index (χ2v) is 4.10. The van der Waals surface area contributed by atoms with Gasteiger partial charge in [0.25, 0.3) is 0 Å². The van der Waals surface area contributed by atoms with Gasteiger partial charge in [0.1, 0.15) is 11.0 Å². The number of halogens is 2. The van der Waals surface area contributed by atoms with Crippen molar-refractivity contribution in [2.45, 2.75) is 12.8 Å². The topological polar surface area (TPSA) is 49.2 Å². The van der Waals surface area contributed by atoms with Gasteiger partial charge in [0.05, 0.1) is 0 Å². The van der Waals surface area contributed by atoms with Gasteiger partial charge < -0.3 is 10.0 Å². The molecule has 82 valence electrons. The van der Waals surface area contributed by atoms with Crippen molar-refractivity contribution in [1.82, 2.24) is 9.97 Å². The lowest BCUT2D eigenvalue weighted by molar-refractivity contribution is 0.289. The molecule has 0 spiro atoms. The van der Waals surface area contributed by atoms with Crippen molar-refractivity contribution in [3.63, 3.8) is 0 Å². The van der Waals surface area contributed by atoms with Crippen molar-refractivity contribution in [2.24, 2.45) is 0 Å². The summed E-state index contributed by atoms with van der Waals surface area (Å²) in [6.45, 7) is 1.82. The van der Waals surface area contributed by atoms with E-state index in [9.17, 15) is 0 Å². The molecule has 15 heavy (non-hydrogen) atoms. The Morgan fingerprint density at radius 1 is 1.33 bits per heavy atom. The van der Waals surface area contributed by atoms with Gasteiger partial charge >= 0.3 is 0 Å². The van der Waals surface area contributed by atoms with E-state index in [1.54, 1.807) is 0 Å². The van der Waals surface area contributed by atoms with Gasteiger partial charge in [-0.15, -0.1) is 0 Å². The fraction of sp³-hybridized carbons (Fsp3) is 0.556. The third-order valence-corrected chi connectivity index (χ3v) is 2.91. The Kier molecular flexibility index (Phi) is 3.29. The van der Waals surface area contributed by atoms with Crippen LogP contribution in [0.2, 0.25) is 10.4 Å². The molecular formula is C9H11Cl2N3O. The molecule has 0 unspecified atom stereocenters. The van der Waals surface area contributed by atoms with E-state index in [2.05, 4.69) is 14.9 Å². The molecule has 0 radical (unpaired) electrons. The number of aliphatic hydroxyl groups is 1. The van der Waals surface area contributed by atoms with Gasteiger partial charge in [-0.05, 0) is 24.4 Å². The van der Waals surface area contributed by atoms with Crippen LogP contribution in [0.25, 0.3) is 0 Å². The van der Waals surface area contributed by atoms with Crippen LogP contribution in [-0.2, 0) is 6.42 Å². The number of hydrogen-bond acceptors (Lipinski definition) is 4. The molecular weight excluding hydrogens is 237 g/mol. The molecule has 2 rings (SSSR count). The van der Waals surface area contributed by atoms with Crippen molar-refractivity contribution in [3.05, 3.63) is 16.0 Å². The van der Waals surface area contributed by atoms with Crippen LogP contribution in [0.3, 0.4) is 0 Å². The molecule has 1 N–H and O–H groups in total. The molecule has 0 saturated carbocycles. The lowest BCUT2D eigenvalue weighted by Crippen LogP contribution is -2.23. The normalized spacial score (nSPS) is 14.5. The molecule has 1 aliphatic rings. The zero-order valence-corrected chi connectivity index (χ0v) is 9.59. The van der Waals surface area contributed by atoms with Crippen molar-refractivity contribution >= 4 is 29.0 Å². The maximum Gasteiger partial charge on any atom is 0.225 e. The molecule has 0 aromatic carbocycles. The predicted octanol–water partition coefficient (Wildman–Crippen LogP) is 1.53. The highest BCUT2D eigenvalue weighted by Gasteiger charge is 2.24. The largest absolute Gasteiger partial charge is 0.396 e. The van der Waals surface area contributed by atoms with Crippen molar-refractivity contribution in [3.8, 4) is 0 Å². The number of hydrogen-bond donors (Lipinski definition) is 1. The van der Waals surface area contributed by atoms with E-state index < -0.39 is 0 Å². The second-order valence-electron chi connectivity index (χ2n) is 3.40. The highest BCUT2D eigenvalue weighted by atomic mass is 35.5. The van der Waals surface area contributed by atoms with Crippen LogP contribution in [0.4, 0.5) is 5.82 Å². The van der Waals surface area contributed by atoms with Crippen LogP contribution in [0.1, 0.15) is 12.0 Å². The lowest BCUT2D eigenvalue weighted by Gasteiger charge is -2.17. The number of rotatable bonds is 3. The van der Waals surface area contributed by atoms with E-state index in [1.165, 1.54) is 0 Å². The highest BCUT2D eigenvalue weighted by molar-refractivity contribution is 6.32. The summed E-state index contributed by atoms with van der Waals surface area (Å²) >= 11 is 11.7. The Morgan fingerprint density at radius 3 is 2.87 bits per heavy atom. The molecule has 4 nitrogen and oxygen atoms in total. The van der Waals surface area contributed by atoms with Crippen LogP contribution in [0.15, 0.2) is 0 Å². The molecule has 2 heterocycles. The van der Waals surface area contributed by atoms with Gasteiger partial charge in [0.15, 0.2) is 0 Å². The van der Waals surface area contributed by atoms with Crippen molar-refractivity contribution < 1.29 is 5.11 Å². The molecule has 6 heteroatoms. The zero-order valence-electron chi connectivity index (χ0n) is 8.08. The summed E-state index contributed by atoms with van der Waals surface area (Å²) in [7, 11) is 0. The van der Waals surface area contributed by atoms with Crippen LogP contribution in [0.5, 0.6) is 0 Å². The maximum atomic E-state index is 8.77. The van der Waals surface area contributed by atoms with Gasteiger partial charge in [0.2, 0.25) is 5.28 Å². The number of fused-ring (bicyclic) bond motifs is 1. The molecule has 0 aliphatic carbocycles. The summed E-state index contributed by atoms with van der Waals surface area (Å²) in [6.07, 6.45) is 1.56. The molecule has 0 saturated heterocycles. The fourth-order valence-corrected chi connectivity index (χ4v) is 2.20.